The van der Waals surface area contributed by atoms with Gasteiger partial charge in [-0.15, -0.1) is 0 Å². The van der Waals surface area contributed by atoms with Gasteiger partial charge in [-0.2, -0.15) is 13.2 Å². The maximum absolute atomic E-state index is 14.4. The zero-order chi connectivity index (χ0) is 32.3. The molecule has 3 amide bonds. The van der Waals surface area contributed by atoms with Crippen molar-refractivity contribution in [3.63, 3.8) is 0 Å². The number of alkyl halides is 3. The first-order valence-corrected chi connectivity index (χ1v) is 16.6. The lowest BCUT2D eigenvalue weighted by Crippen LogP contribution is -2.60. The van der Waals surface area contributed by atoms with Crippen LogP contribution < -0.4 is 5.32 Å². The van der Waals surface area contributed by atoms with E-state index >= 15 is 0 Å². The Hall–Kier alpha value is -2.82. The topological polar surface area (TPSA) is 82.2 Å². The lowest BCUT2D eigenvalue weighted by atomic mass is 9.77. The first kappa shape index (κ1) is 32.1. The molecule has 1 aromatic rings. The van der Waals surface area contributed by atoms with Gasteiger partial charge < -0.3 is 24.8 Å². The third-order valence-corrected chi connectivity index (χ3v) is 11.1. The van der Waals surface area contributed by atoms with E-state index in [4.69, 9.17) is 4.74 Å². The molecular weight excluding hydrogens is 585 g/mol. The number of rotatable bonds is 5. The highest BCUT2D eigenvalue weighted by Gasteiger charge is 2.59. The Morgan fingerprint density at radius 1 is 0.978 bits per heavy atom. The number of hydrogen-bond acceptors (Lipinski definition) is 5. The maximum Gasteiger partial charge on any atom is 0.408 e. The van der Waals surface area contributed by atoms with E-state index in [1.165, 1.54) is 5.56 Å². The van der Waals surface area contributed by atoms with E-state index in [1.54, 1.807) is 25.7 Å². The number of likely N-dealkylation sites (tertiary alicyclic amines) is 1. The summed E-state index contributed by atoms with van der Waals surface area (Å²) in [5, 5.41) is 2.79. The van der Waals surface area contributed by atoms with Gasteiger partial charge in [-0.05, 0) is 97.6 Å². The minimum atomic E-state index is -4.18. The van der Waals surface area contributed by atoms with E-state index in [-0.39, 0.29) is 54.2 Å². The number of carbonyl (C=O) groups excluding carboxylic acids is 3. The molecule has 0 bridgehead atoms. The van der Waals surface area contributed by atoms with E-state index in [2.05, 4.69) is 22.3 Å². The van der Waals surface area contributed by atoms with Gasteiger partial charge in [0.1, 0.15) is 17.7 Å². The highest BCUT2D eigenvalue weighted by atomic mass is 19.4. The average Bonchev–Trinajstić information content (AvgIpc) is 3.41. The molecule has 3 heterocycles. The van der Waals surface area contributed by atoms with Crippen molar-refractivity contribution in [1.29, 1.82) is 0 Å². The number of ether oxygens (including phenoxy) is 1. The van der Waals surface area contributed by atoms with Crippen LogP contribution in [0.1, 0.15) is 96.5 Å². The molecule has 1 aromatic carbocycles. The number of carbonyl (C=O) groups is 3. The quantitative estimate of drug-likeness (QED) is 0.456. The Morgan fingerprint density at radius 3 is 2.29 bits per heavy atom. The van der Waals surface area contributed by atoms with E-state index < -0.39 is 35.9 Å². The Kier molecular flexibility index (Phi) is 8.40. The molecule has 2 saturated carbocycles. The first-order chi connectivity index (χ1) is 21.1. The molecule has 2 aliphatic carbocycles. The van der Waals surface area contributed by atoms with Crippen LogP contribution >= 0.6 is 0 Å². The van der Waals surface area contributed by atoms with Crippen molar-refractivity contribution in [2.45, 2.75) is 138 Å². The second kappa shape index (κ2) is 11.8. The van der Waals surface area contributed by atoms with Crippen molar-refractivity contribution < 1.29 is 32.3 Å². The van der Waals surface area contributed by atoms with Crippen molar-refractivity contribution >= 4 is 17.9 Å². The van der Waals surface area contributed by atoms with Crippen LogP contribution in [0.25, 0.3) is 0 Å². The standard InChI is InChI=1S/C34H47F3N4O4/c1-32(2,3)45-31(44)38-27-12-10-24(39(4)26-16-23(17-26)34(35,36)37)18-25-11-13-28(41(25)29(27)42)30(43)40-20-22(19-33(40)14-15-33)21-8-6-5-7-9-21/h5-9,22-28H,10-20H2,1-4H3,(H,38,44)/t22-,23?,24+,25-,26?,27+,28+/m1/s1. The van der Waals surface area contributed by atoms with Crippen LogP contribution in [0, 0.1) is 5.92 Å². The summed E-state index contributed by atoms with van der Waals surface area (Å²) in [5.74, 6) is -1.32. The van der Waals surface area contributed by atoms with Gasteiger partial charge in [0.15, 0.2) is 0 Å². The average molecular weight is 633 g/mol. The predicted molar refractivity (Wildman–Crippen MR) is 162 cm³/mol. The van der Waals surface area contributed by atoms with E-state index in [9.17, 15) is 27.6 Å². The zero-order valence-corrected chi connectivity index (χ0v) is 26.8. The second-order valence-corrected chi connectivity index (χ2v) is 15.2. The number of benzene rings is 1. The van der Waals surface area contributed by atoms with Gasteiger partial charge in [0, 0.05) is 36.1 Å². The molecule has 11 heteroatoms. The van der Waals surface area contributed by atoms with Crippen molar-refractivity contribution in [3.05, 3.63) is 35.9 Å². The van der Waals surface area contributed by atoms with Crippen LogP contribution in [0.3, 0.4) is 0 Å². The van der Waals surface area contributed by atoms with Gasteiger partial charge in [-0.25, -0.2) is 4.79 Å². The molecule has 5 aliphatic rings. The van der Waals surface area contributed by atoms with Crippen LogP contribution in [-0.2, 0) is 14.3 Å². The molecule has 5 atom stereocenters. The number of fused-ring (bicyclic) bond motifs is 1. The fourth-order valence-corrected chi connectivity index (χ4v) is 8.34. The molecule has 6 rings (SSSR count). The Bertz CT molecular complexity index is 1270. The number of alkyl carbamates (subject to hydrolysis) is 1. The number of nitrogens with one attached hydrogen (secondary N) is 1. The van der Waals surface area contributed by atoms with Crippen LogP contribution in [0.4, 0.5) is 18.0 Å². The second-order valence-electron chi connectivity index (χ2n) is 15.2. The summed E-state index contributed by atoms with van der Waals surface area (Å²) in [6.07, 6.45) is 0.744. The minimum absolute atomic E-state index is 0.0183. The Labute approximate surface area is 264 Å². The Morgan fingerprint density at radius 2 is 1.67 bits per heavy atom. The lowest BCUT2D eigenvalue weighted by Gasteiger charge is -2.47. The molecule has 1 spiro atoms. The fourth-order valence-electron chi connectivity index (χ4n) is 8.34. The number of nitrogens with zero attached hydrogens (tertiary/aromatic N) is 3. The normalized spacial score (nSPS) is 33.0. The van der Waals surface area contributed by atoms with Gasteiger partial charge in [-0.1, -0.05) is 30.3 Å². The fraction of sp³-hybridized carbons (Fsp3) is 0.735. The predicted octanol–water partition coefficient (Wildman–Crippen LogP) is 5.61. The molecule has 45 heavy (non-hydrogen) atoms. The van der Waals surface area contributed by atoms with Crippen LogP contribution in [0.15, 0.2) is 30.3 Å². The van der Waals surface area contributed by atoms with Gasteiger partial charge in [0.25, 0.3) is 0 Å². The summed E-state index contributed by atoms with van der Waals surface area (Å²) < 4.78 is 45.3. The molecule has 3 aliphatic heterocycles. The van der Waals surface area contributed by atoms with Crippen molar-refractivity contribution in [2.75, 3.05) is 13.6 Å². The number of hydrogen-bond donors (Lipinski definition) is 1. The van der Waals surface area contributed by atoms with E-state index in [0.29, 0.717) is 38.6 Å². The Balaban J connectivity index is 1.22. The highest BCUT2D eigenvalue weighted by Crippen LogP contribution is 2.54. The molecule has 1 N–H and O–H groups in total. The van der Waals surface area contributed by atoms with Gasteiger partial charge in [0.2, 0.25) is 11.8 Å². The maximum atomic E-state index is 14.4. The third-order valence-electron chi connectivity index (χ3n) is 11.1. The highest BCUT2D eigenvalue weighted by molar-refractivity contribution is 5.93. The smallest absolute Gasteiger partial charge is 0.408 e. The minimum Gasteiger partial charge on any atom is -0.444 e. The SMILES string of the molecule is CN(C1CC(C(F)(F)F)C1)[C@H]1CC[C@H](NC(=O)OC(C)(C)C)C(=O)N2[C@H](CC[C@H]2C(=O)N2C[C@H](c3ccccc3)CC23CC3)C1. The molecular formula is C34H47F3N4O4. The number of amides is 3. The molecule has 0 unspecified atom stereocenters. The summed E-state index contributed by atoms with van der Waals surface area (Å²) in [4.78, 5) is 47.3. The largest absolute Gasteiger partial charge is 0.444 e. The van der Waals surface area contributed by atoms with E-state index in [0.717, 1.165) is 19.3 Å². The summed E-state index contributed by atoms with van der Waals surface area (Å²) in [5.41, 5.74) is 0.314. The molecule has 8 nitrogen and oxygen atoms in total. The molecule has 0 aromatic heterocycles. The third kappa shape index (κ3) is 6.56. The summed E-state index contributed by atoms with van der Waals surface area (Å²) >= 11 is 0. The zero-order valence-electron chi connectivity index (χ0n) is 26.8. The van der Waals surface area contributed by atoms with Gasteiger partial charge in [0.05, 0.1) is 5.92 Å². The van der Waals surface area contributed by atoms with Crippen LogP contribution in [0.5, 0.6) is 0 Å². The summed E-state index contributed by atoms with van der Waals surface area (Å²) in [6.45, 7) is 5.88. The van der Waals surface area contributed by atoms with E-state index in [1.807, 2.05) is 30.1 Å². The molecule has 248 valence electrons. The van der Waals surface area contributed by atoms with Crippen molar-refractivity contribution in [3.8, 4) is 0 Å². The summed E-state index contributed by atoms with van der Waals surface area (Å²) in [7, 11) is 1.88. The van der Waals surface area contributed by atoms with Crippen LogP contribution in [0.2, 0.25) is 0 Å². The number of halogens is 3. The first-order valence-electron chi connectivity index (χ1n) is 16.6. The van der Waals surface area contributed by atoms with Gasteiger partial charge >= 0.3 is 12.3 Å². The van der Waals surface area contributed by atoms with Crippen molar-refractivity contribution in [2.24, 2.45) is 5.92 Å². The molecule has 0 radical (unpaired) electrons. The van der Waals surface area contributed by atoms with Crippen molar-refractivity contribution in [1.82, 2.24) is 20.0 Å². The molecule has 3 saturated heterocycles. The summed E-state index contributed by atoms with van der Waals surface area (Å²) in [6, 6.07) is 8.27. The van der Waals surface area contributed by atoms with Crippen LogP contribution in [-0.4, -0.2) is 93.7 Å². The molecule has 5 fully saturated rings. The monoisotopic (exact) mass is 632 g/mol. The van der Waals surface area contributed by atoms with Gasteiger partial charge in [-0.3, -0.25) is 9.59 Å². The lowest BCUT2D eigenvalue weighted by molar-refractivity contribution is -0.207.